The van der Waals surface area contributed by atoms with Crippen LogP contribution in [0.5, 0.6) is 0 Å². The molecule has 0 bridgehead atoms. The third kappa shape index (κ3) is 6.76. The Kier molecular flexibility index (Phi) is 7.83. The number of halogens is 6. The lowest BCUT2D eigenvalue weighted by Crippen LogP contribution is -2.37. The number of hydrogen-bond acceptors (Lipinski definition) is 6. The van der Waals surface area contributed by atoms with Gasteiger partial charge in [-0.3, -0.25) is 9.59 Å². The maximum Gasteiger partial charge on any atom is 0.416 e. The molecule has 3 rings (SSSR count). The predicted molar refractivity (Wildman–Crippen MR) is 113 cm³/mol. The van der Waals surface area contributed by atoms with E-state index in [2.05, 4.69) is 5.32 Å². The van der Waals surface area contributed by atoms with E-state index in [4.69, 9.17) is 9.84 Å². The van der Waals surface area contributed by atoms with Crippen molar-refractivity contribution in [2.24, 2.45) is 0 Å². The molecule has 0 saturated heterocycles. The van der Waals surface area contributed by atoms with Crippen molar-refractivity contribution in [2.45, 2.75) is 37.9 Å². The van der Waals surface area contributed by atoms with E-state index in [9.17, 15) is 50.6 Å². The van der Waals surface area contributed by atoms with E-state index >= 15 is 0 Å². The van der Waals surface area contributed by atoms with Crippen LogP contribution < -0.4 is 10.6 Å². The molecule has 1 aromatic carbocycles. The Hall–Kier alpha value is -3.66. The van der Waals surface area contributed by atoms with Gasteiger partial charge >= 0.3 is 30.2 Å². The van der Waals surface area contributed by atoms with Crippen molar-refractivity contribution < 1.29 is 60.5 Å². The summed E-state index contributed by atoms with van der Waals surface area (Å²) < 4.78 is 83.6. The molecule has 4 N–H and O–H groups in total. The molecule has 37 heavy (non-hydrogen) atoms. The zero-order valence-corrected chi connectivity index (χ0v) is 19.1. The quantitative estimate of drug-likeness (QED) is 0.317. The molecular weight excluding hydrogens is 538 g/mol. The number of carbonyl (C=O) groups is 4. The number of hydrogen-bond donors (Lipinski definition) is 4. The minimum atomic E-state index is -5.06. The second kappa shape index (κ2) is 10.4. The van der Waals surface area contributed by atoms with Gasteiger partial charge in [-0.15, -0.1) is 11.3 Å². The SMILES string of the molecule is O=C(Cc1cc(C(F)(F)F)cc(C(F)(F)F)c1)NCC1Cc2c(sc(NC(=O)C(=O)O)c2C(=O)O)CO1. The number of alkyl halides is 6. The van der Waals surface area contributed by atoms with Crippen LogP contribution in [0, 0.1) is 0 Å². The molecule has 1 unspecified atom stereocenters. The van der Waals surface area contributed by atoms with Gasteiger partial charge in [0.25, 0.3) is 0 Å². The topological polar surface area (TPSA) is 142 Å². The van der Waals surface area contributed by atoms with Crippen LogP contribution in [0.1, 0.15) is 37.5 Å². The van der Waals surface area contributed by atoms with Crippen molar-refractivity contribution in [1.82, 2.24) is 5.32 Å². The van der Waals surface area contributed by atoms with Crippen molar-refractivity contribution in [3.8, 4) is 0 Å². The summed E-state index contributed by atoms with van der Waals surface area (Å²) in [6, 6.07) is 0.828. The molecule has 0 radical (unpaired) electrons. The first-order valence-corrected chi connectivity index (χ1v) is 11.0. The molecule has 1 aromatic heterocycles. The summed E-state index contributed by atoms with van der Waals surface area (Å²) in [4.78, 5) is 46.6. The standard InChI is InChI=1S/C21H16F6N2O7S/c22-20(23,24)9-1-8(2-10(4-9)21(25,26)27)3-14(30)28-6-11-5-12-13(7-36-11)37-17(15(12)18(32)33)29-16(31)19(34)35/h1-2,4,11H,3,5-7H2,(H,28,30)(H,29,31)(H,32,33)(H,34,35). The van der Waals surface area contributed by atoms with E-state index in [1.165, 1.54) is 0 Å². The Morgan fingerprint density at radius 1 is 1.00 bits per heavy atom. The minimum Gasteiger partial charge on any atom is -0.478 e. The monoisotopic (exact) mass is 554 g/mol. The number of anilines is 1. The highest BCUT2D eigenvalue weighted by molar-refractivity contribution is 7.17. The lowest BCUT2D eigenvalue weighted by Gasteiger charge is -2.23. The molecule has 1 atom stereocenters. The van der Waals surface area contributed by atoms with Gasteiger partial charge < -0.3 is 25.6 Å². The zero-order chi connectivity index (χ0) is 27.7. The van der Waals surface area contributed by atoms with Gasteiger partial charge in [0.1, 0.15) is 5.00 Å². The smallest absolute Gasteiger partial charge is 0.416 e. The van der Waals surface area contributed by atoms with E-state index in [1.54, 1.807) is 0 Å². The molecule has 0 fully saturated rings. The molecule has 16 heteroatoms. The normalized spacial score (nSPS) is 15.6. The third-order valence-electron chi connectivity index (χ3n) is 5.15. The van der Waals surface area contributed by atoms with Gasteiger partial charge in [-0.25, -0.2) is 9.59 Å². The number of aromatic carboxylic acids is 1. The van der Waals surface area contributed by atoms with Crippen LogP contribution in [0.25, 0.3) is 0 Å². The molecule has 9 nitrogen and oxygen atoms in total. The van der Waals surface area contributed by atoms with Crippen molar-refractivity contribution >= 4 is 40.1 Å². The van der Waals surface area contributed by atoms with Gasteiger partial charge in [0.15, 0.2) is 0 Å². The molecule has 0 saturated carbocycles. The molecule has 0 spiro atoms. The van der Waals surface area contributed by atoms with E-state index < -0.39 is 65.3 Å². The Labute approximate surface area is 207 Å². The molecule has 2 aromatic rings. The van der Waals surface area contributed by atoms with E-state index in [-0.39, 0.29) is 41.8 Å². The number of carboxylic acids is 2. The lowest BCUT2D eigenvalue weighted by molar-refractivity contribution is -0.147. The number of rotatable bonds is 6. The fraction of sp³-hybridized carbons (Fsp3) is 0.333. The lowest BCUT2D eigenvalue weighted by atomic mass is 10.0. The molecule has 0 aliphatic carbocycles. The van der Waals surface area contributed by atoms with Gasteiger partial charge in [0.05, 0.1) is 35.8 Å². The second-order valence-electron chi connectivity index (χ2n) is 7.80. The van der Waals surface area contributed by atoms with Crippen molar-refractivity contribution in [3.63, 3.8) is 0 Å². The zero-order valence-electron chi connectivity index (χ0n) is 18.2. The molecule has 2 heterocycles. The van der Waals surface area contributed by atoms with Crippen molar-refractivity contribution in [2.75, 3.05) is 11.9 Å². The molecule has 200 valence electrons. The average molecular weight is 554 g/mol. The first-order chi connectivity index (χ1) is 17.1. The highest BCUT2D eigenvalue weighted by Crippen LogP contribution is 2.38. The highest BCUT2D eigenvalue weighted by atomic mass is 32.1. The largest absolute Gasteiger partial charge is 0.478 e. The van der Waals surface area contributed by atoms with Crippen molar-refractivity contribution in [1.29, 1.82) is 0 Å². The summed E-state index contributed by atoms with van der Waals surface area (Å²) in [5, 5.41) is 22.3. The molecule has 1 aliphatic rings. The Bertz CT molecular complexity index is 1220. The Balaban J connectivity index is 1.70. The summed E-state index contributed by atoms with van der Waals surface area (Å²) >= 11 is 0.799. The molecule has 2 amide bonds. The summed E-state index contributed by atoms with van der Waals surface area (Å²) in [5.41, 5.74) is -3.75. The second-order valence-corrected chi connectivity index (χ2v) is 8.91. The summed E-state index contributed by atoms with van der Waals surface area (Å²) in [6.07, 6.45) is -11.8. The fourth-order valence-electron chi connectivity index (χ4n) is 3.52. The van der Waals surface area contributed by atoms with Crippen LogP contribution in [0.4, 0.5) is 31.3 Å². The first kappa shape index (κ1) is 27.9. The van der Waals surface area contributed by atoms with Crippen LogP contribution >= 0.6 is 11.3 Å². The van der Waals surface area contributed by atoms with E-state index in [1.807, 2.05) is 5.32 Å². The van der Waals surface area contributed by atoms with Gasteiger partial charge in [0.2, 0.25) is 5.91 Å². The maximum atomic E-state index is 13.0. The number of carbonyl (C=O) groups excluding carboxylic acids is 2. The number of aliphatic carboxylic acids is 1. The summed E-state index contributed by atoms with van der Waals surface area (Å²) in [6.45, 7) is -0.401. The van der Waals surface area contributed by atoms with Gasteiger partial charge in [-0.1, -0.05) is 0 Å². The van der Waals surface area contributed by atoms with Crippen LogP contribution in [0.3, 0.4) is 0 Å². The van der Waals surface area contributed by atoms with Gasteiger partial charge in [-0.2, -0.15) is 26.3 Å². The predicted octanol–water partition coefficient (Wildman–Crippen LogP) is 3.31. The maximum absolute atomic E-state index is 13.0. The molecular formula is C21H16F6N2O7S. The Morgan fingerprint density at radius 2 is 1.59 bits per heavy atom. The highest BCUT2D eigenvalue weighted by Gasteiger charge is 2.37. The van der Waals surface area contributed by atoms with Gasteiger partial charge in [0, 0.05) is 17.8 Å². The molecule has 1 aliphatic heterocycles. The van der Waals surface area contributed by atoms with Crippen molar-refractivity contribution in [3.05, 3.63) is 50.9 Å². The summed E-state index contributed by atoms with van der Waals surface area (Å²) in [5.74, 6) is -5.63. The number of amides is 2. The third-order valence-corrected chi connectivity index (χ3v) is 6.27. The van der Waals surface area contributed by atoms with Crippen LogP contribution in [0.15, 0.2) is 18.2 Å². The van der Waals surface area contributed by atoms with Crippen LogP contribution in [0.2, 0.25) is 0 Å². The number of fused-ring (bicyclic) bond motifs is 1. The minimum absolute atomic E-state index is 0.0527. The van der Waals surface area contributed by atoms with E-state index in [0.29, 0.717) is 17.0 Å². The Morgan fingerprint density at radius 3 is 2.11 bits per heavy atom. The van der Waals surface area contributed by atoms with Crippen LogP contribution in [-0.4, -0.2) is 46.6 Å². The number of ether oxygens (including phenoxy) is 1. The van der Waals surface area contributed by atoms with Crippen LogP contribution in [-0.2, 0) is 50.9 Å². The summed E-state index contributed by atoms with van der Waals surface area (Å²) in [7, 11) is 0. The van der Waals surface area contributed by atoms with Gasteiger partial charge in [-0.05, 0) is 29.3 Å². The average Bonchev–Trinajstić information content (AvgIpc) is 3.13. The number of thiophene rings is 1. The number of carboxylic acid groups (broad SMARTS) is 2. The fourth-order valence-corrected chi connectivity index (χ4v) is 4.66. The first-order valence-electron chi connectivity index (χ1n) is 10.1. The van der Waals surface area contributed by atoms with E-state index in [0.717, 1.165) is 11.3 Å². The number of benzene rings is 1. The number of nitrogens with one attached hydrogen (secondary N) is 2.